The molecule has 0 amide bonds. The molecule has 0 fully saturated rings. The van der Waals surface area contributed by atoms with Gasteiger partial charge >= 0.3 is 0 Å². The SMILES string of the molecule is CCCCCCCCCCCCCCOCC(C[N+]1=Cc2ccccc2CC1)OS(=O)(=O)[O-]. The van der Waals surface area contributed by atoms with E-state index in [1.54, 1.807) is 0 Å². The van der Waals surface area contributed by atoms with Crippen molar-refractivity contribution in [2.45, 2.75) is 96.5 Å². The largest absolute Gasteiger partial charge is 0.726 e. The lowest BCUT2D eigenvalue weighted by molar-refractivity contribution is -0.532. The summed E-state index contributed by atoms with van der Waals surface area (Å²) in [5.41, 5.74) is 2.38. The second kappa shape index (κ2) is 16.4. The Kier molecular flexibility index (Phi) is 13.9. The molecular formula is C26H43NO5S. The van der Waals surface area contributed by atoms with Crippen LogP contribution in [0.25, 0.3) is 0 Å². The summed E-state index contributed by atoms with van der Waals surface area (Å²) in [5.74, 6) is 0. The Morgan fingerprint density at radius 1 is 0.939 bits per heavy atom. The van der Waals surface area contributed by atoms with Crippen LogP contribution in [0.15, 0.2) is 24.3 Å². The van der Waals surface area contributed by atoms with E-state index in [-0.39, 0.29) is 6.61 Å². The van der Waals surface area contributed by atoms with Gasteiger partial charge in [0, 0.05) is 18.6 Å². The molecule has 1 aromatic carbocycles. The molecule has 33 heavy (non-hydrogen) atoms. The first kappa shape index (κ1) is 28.0. The number of ether oxygens (including phenoxy) is 1. The normalized spacial score (nSPS) is 14.7. The van der Waals surface area contributed by atoms with Crippen LogP contribution in [0.3, 0.4) is 0 Å². The van der Waals surface area contributed by atoms with E-state index in [9.17, 15) is 13.0 Å². The Morgan fingerprint density at radius 3 is 2.18 bits per heavy atom. The van der Waals surface area contributed by atoms with E-state index in [1.807, 2.05) is 29.0 Å². The zero-order valence-electron chi connectivity index (χ0n) is 20.4. The van der Waals surface area contributed by atoms with Crippen molar-refractivity contribution in [3.8, 4) is 0 Å². The van der Waals surface area contributed by atoms with Gasteiger partial charge in [-0.2, -0.15) is 0 Å². The molecule has 0 radical (unpaired) electrons. The van der Waals surface area contributed by atoms with Gasteiger partial charge in [-0.15, -0.1) is 0 Å². The fraction of sp³-hybridized carbons (Fsp3) is 0.731. The van der Waals surface area contributed by atoms with Crippen molar-refractivity contribution < 1.29 is 26.5 Å². The molecule has 7 heteroatoms. The van der Waals surface area contributed by atoms with Crippen LogP contribution in [0, 0.1) is 0 Å². The van der Waals surface area contributed by atoms with Crippen molar-refractivity contribution in [1.29, 1.82) is 0 Å². The molecule has 0 saturated carbocycles. The van der Waals surface area contributed by atoms with Gasteiger partial charge in [0.05, 0.1) is 6.61 Å². The predicted octanol–water partition coefficient (Wildman–Crippen LogP) is 5.24. The number of hydrogen-bond donors (Lipinski definition) is 0. The monoisotopic (exact) mass is 481 g/mol. The molecule has 1 unspecified atom stereocenters. The molecule has 0 spiro atoms. The maximum Gasteiger partial charge on any atom is 0.218 e. The lowest BCUT2D eigenvalue weighted by Gasteiger charge is -2.20. The summed E-state index contributed by atoms with van der Waals surface area (Å²) in [4.78, 5) is 0. The molecule has 1 aromatic rings. The zero-order chi connectivity index (χ0) is 23.8. The second-order valence-corrected chi connectivity index (χ2v) is 10.2. The number of rotatable bonds is 19. The molecule has 1 aliphatic rings. The Balaban J connectivity index is 1.58. The van der Waals surface area contributed by atoms with Crippen molar-refractivity contribution in [2.75, 3.05) is 26.3 Å². The third-order valence-corrected chi connectivity index (χ3v) is 6.69. The van der Waals surface area contributed by atoms with Crippen LogP contribution in [-0.4, -0.2) is 56.2 Å². The Morgan fingerprint density at radius 2 is 1.55 bits per heavy atom. The first-order valence-corrected chi connectivity index (χ1v) is 14.2. The van der Waals surface area contributed by atoms with E-state index in [1.165, 1.54) is 69.8 Å². The third-order valence-electron chi connectivity index (χ3n) is 6.18. The topological polar surface area (TPSA) is 78.7 Å². The minimum absolute atomic E-state index is 0.103. The highest BCUT2D eigenvalue weighted by Gasteiger charge is 2.23. The van der Waals surface area contributed by atoms with Gasteiger partial charge in [0.25, 0.3) is 0 Å². The van der Waals surface area contributed by atoms with Crippen molar-refractivity contribution in [3.63, 3.8) is 0 Å². The smallest absolute Gasteiger partial charge is 0.218 e. The molecular weight excluding hydrogens is 438 g/mol. The van der Waals surface area contributed by atoms with E-state index in [2.05, 4.69) is 13.0 Å². The standard InChI is InChI=1S/C26H43NO5S/c1-2-3-4-5-6-7-8-9-10-11-12-15-20-31-23-26(32-33(28,29)30)22-27-19-18-24-16-13-14-17-25(24)21-27/h13-14,16-17,21,26H,2-12,15,18-20,22-23H2,1H3. The number of unbranched alkanes of at least 4 members (excludes halogenated alkanes) is 11. The summed E-state index contributed by atoms with van der Waals surface area (Å²) in [5, 5.41) is 0. The van der Waals surface area contributed by atoms with Crippen molar-refractivity contribution >= 4 is 16.6 Å². The molecule has 1 atom stereocenters. The summed E-state index contributed by atoms with van der Waals surface area (Å²) < 4.78 is 46.0. The average Bonchev–Trinajstić information content (AvgIpc) is 2.78. The average molecular weight is 482 g/mol. The summed E-state index contributed by atoms with van der Waals surface area (Å²) in [6.07, 6.45) is 17.4. The summed E-state index contributed by atoms with van der Waals surface area (Å²) in [6, 6.07) is 8.12. The van der Waals surface area contributed by atoms with Gasteiger partial charge in [0.15, 0.2) is 18.9 Å². The van der Waals surface area contributed by atoms with Gasteiger partial charge in [0.2, 0.25) is 10.4 Å². The third kappa shape index (κ3) is 13.3. The maximum atomic E-state index is 11.2. The number of fused-ring (bicyclic) bond motifs is 1. The molecule has 188 valence electrons. The fourth-order valence-corrected chi connectivity index (χ4v) is 4.81. The van der Waals surface area contributed by atoms with Gasteiger partial charge in [-0.25, -0.2) is 13.0 Å². The van der Waals surface area contributed by atoms with Crippen LogP contribution in [0.5, 0.6) is 0 Å². The van der Waals surface area contributed by atoms with Crippen molar-refractivity contribution in [2.24, 2.45) is 0 Å². The summed E-state index contributed by atoms with van der Waals surface area (Å²) in [7, 11) is -4.77. The molecule has 2 rings (SSSR count). The zero-order valence-corrected chi connectivity index (χ0v) is 21.2. The molecule has 0 N–H and O–H groups in total. The van der Waals surface area contributed by atoms with Crippen molar-refractivity contribution in [1.82, 2.24) is 0 Å². The molecule has 6 nitrogen and oxygen atoms in total. The van der Waals surface area contributed by atoms with Crippen LogP contribution in [-0.2, 0) is 25.7 Å². The highest BCUT2D eigenvalue weighted by Crippen LogP contribution is 2.13. The summed E-state index contributed by atoms with van der Waals surface area (Å²) >= 11 is 0. The van der Waals surface area contributed by atoms with Crippen LogP contribution in [0.1, 0.15) is 95.1 Å². The van der Waals surface area contributed by atoms with Gasteiger partial charge in [-0.05, 0) is 18.1 Å². The Hall–Kier alpha value is -1.28. The lowest BCUT2D eigenvalue weighted by Crippen LogP contribution is -2.36. The molecule has 0 aromatic heterocycles. The number of hydrogen-bond acceptors (Lipinski definition) is 5. The fourth-order valence-electron chi connectivity index (χ4n) is 4.36. The molecule has 1 aliphatic heterocycles. The van der Waals surface area contributed by atoms with Crippen LogP contribution in [0.4, 0.5) is 0 Å². The second-order valence-electron chi connectivity index (χ2n) is 9.16. The molecule has 0 aliphatic carbocycles. The first-order chi connectivity index (χ1) is 16.0. The minimum Gasteiger partial charge on any atom is -0.726 e. The Labute approximate surface area is 201 Å². The first-order valence-electron chi connectivity index (χ1n) is 12.9. The van der Waals surface area contributed by atoms with E-state index in [0.29, 0.717) is 13.2 Å². The van der Waals surface area contributed by atoms with E-state index < -0.39 is 16.5 Å². The lowest BCUT2D eigenvalue weighted by atomic mass is 10.0. The predicted molar refractivity (Wildman–Crippen MR) is 132 cm³/mol. The molecule has 0 saturated heterocycles. The van der Waals surface area contributed by atoms with E-state index in [0.717, 1.165) is 31.4 Å². The summed E-state index contributed by atoms with van der Waals surface area (Å²) in [6.45, 7) is 3.98. The number of nitrogens with zero attached hydrogens (tertiary/aromatic N) is 1. The molecule has 1 heterocycles. The minimum atomic E-state index is -4.77. The van der Waals surface area contributed by atoms with Gasteiger partial charge in [-0.3, -0.25) is 4.18 Å². The van der Waals surface area contributed by atoms with Crippen molar-refractivity contribution in [3.05, 3.63) is 35.4 Å². The van der Waals surface area contributed by atoms with Gasteiger partial charge < -0.3 is 9.29 Å². The quantitative estimate of drug-likeness (QED) is 0.117. The van der Waals surface area contributed by atoms with E-state index >= 15 is 0 Å². The van der Waals surface area contributed by atoms with E-state index in [4.69, 9.17) is 8.92 Å². The maximum absolute atomic E-state index is 11.2. The molecule has 0 bridgehead atoms. The Bertz CT molecular complexity index is 794. The van der Waals surface area contributed by atoms with Crippen LogP contribution < -0.4 is 0 Å². The van der Waals surface area contributed by atoms with Gasteiger partial charge in [0.1, 0.15) is 6.54 Å². The van der Waals surface area contributed by atoms with Crippen LogP contribution >= 0.6 is 0 Å². The number of benzene rings is 1. The van der Waals surface area contributed by atoms with Crippen LogP contribution in [0.2, 0.25) is 0 Å². The highest BCUT2D eigenvalue weighted by molar-refractivity contribution is 7.80. The highest BCUT2D eigenvalue weighted by atomic mass is 32.3. The van der Waals surface area contributed by atoms with Gasteiger partial charge in [-0.1, -0.05) is 95.8 Å².